The molecule has 1 N–H and O–H groups in total. The van der Waals surface area contributed by atoms with E-state index in [4.69, 9.17) is 9.26 Å². The maximum absolute atomic E-state index is 5.69. The van der Waals surface area contributed by atoms with Gasteiger partial charge in [0.2, 0.25) is 11.7 Å². The fourth-order valence-electron chi connectivity index (χ4n) is 1.72. The van der Waals surface area contributed by atoms with Crippen LogP contribution in [0.15, 0.2) is 28.8 Å². The van der Waals surface area contributed by atoms with Gasteiger partial charge < -0.3 is 14.6 Å². The molecule has 5 heteroatoms. The van der Waals surface area contributed by atoms with Crippen LogP contribution in [0.4, 0.5) is 0 Å². The molecule has 0 radical (unpaired) electrons. The Morgan fingerprint density at radius 3 is 2.90 bits per heavy atom. The molecule has 2 aromatic rings. The van der Waals surface area contributed by atoms with Gasteiger partial charge in [-0.1, -0.05) is 38.1 Å². The molecule has 20 heavy (non-hydrogen) atoms. The first kappa shape index (κ1) is 14.5. The van der Waals surface area contributed by atoms with E-state index in [1.54, 1.807) is 0 Å². The van der Waals surface area contributed by atoms with Crippen molar-refractivity contribution >= 4 is 0 Å². The molecule has 1 aromatic carbocycles. The van der Waals surface area contributed by atoms with Crippen molar-refractivity contribution < 1.29 is 9.26 Å². The summed E-state index contributed by atoms with van der Waals surface area (Å²) in [6.07, 6.45) is 0. The van der Waals surface area contributed by atoms with Gasteiger partial charge in [-0.25, -0.2) is 0 Å². The Kier molecular flexibility index (Phi) is 5.12. The van der Waals surface area contributed by atoms with Crippen LogP contribution in [0.25, 0.3) is 0 Å². The Balaban J connectivity index is 1.92. The molecule has 0 saturated carbocycles. The summed E-state index contributed by atoms with van der Waals surface area (Å²) in [5.74, 6) is 2.27. The first-order valence-corrected chi connectivity index (χ1v) is 6.94. The Morgan fingerprint density at radius 1 is 1.35 bits per heavy atom. The van der Waals surface area contributed by atoms with E-state index in [0.29, 0.717) is 18.3 Å². The van der Waals surface area contributed by atoms with E-state index in [2.05, 4.69) is 28.4 Å². The van der Waals surface area contributed by atoms with E-state index in [-0.39, 0.29) is 5.92 Å². The lowest BCUT2D eigenvalue weighted by Gasteiger charge is -2.06. The fourth-order valence-corrected chi connectivity index (χ4v) is 1.72. The third-order valence-corrected chi connectivity index (χ3v) is 2.82. The second-order valence-corrected chi connectivity index (χ2v) is 4.92. The van der Waals surface area contributed by atoms with Crippen LogP contribution in [-0.4, -0.2) is 16.7 Å². The molecule has 0 saturated heterocycles. The smallest absolute Gasteiger partial charge is 0.229 e. The number of hydrogen-bond donors (Lipinski definition) is 1. The quantitative estimate of drug-likeness (QED) is 0.842. The monoisotopic (exact) mass is 275 g/mol. The van der Waals surface area contributed by atoms with E-state index in [0.717, 1.165) is 18.8 Å². The summed E-state index contributed by atoms with van der Waals surface area (Å²) in [6.45, 7) is 8.23. The molecule has 0 aliphatic carbocycles. The van der Waals surface area contributed by atoms with Gasteiger partial charge in [-0.05, 0) is 24.2 Å². The minimum Gasteiger partial charge on any atom is -0.485 e. The van der Waals surface area contributed by atoms with Crippen molar-refractivity contribution in [1.29, 1.82) is 0 Å². The molecular formula is C15H21N3O2. The molecule has 0 atom stereocenters. The minimum atomic E-state index is 0.236. The molecule has 0 aliphatic heterocycles. The van der Waals surface area contributed by atoms with E-state index >= 15 is 0 Å². The van der Waals surface area contributed by atoms with Gasteiger partial charge in [-0.2, -0.15) is 4.98 Å². The average molecular weight is 275 g/mol. The van der Waals surface area contributed by atoms with E-state index in [1.807, 2.05) is 32.0 Å². The molecule has 0 bridgehead atoms. The molecule has 2 rings (SSSR count). The number of benzene rings is 1. The lowest BCUT2D eigenvalue weighted by molar-refractivity contribution is 0.284. The van der Waals surface area contributed by atoms with Crippen LogP contribution in [0.1, 0.15) is 44.0 Å². The molecular weight excluding hydrogens is 254 g/mol. The number of aromatic nitrogens is 2. The highest BCUT2D eigenvalue weighted by molar-refractivity contribution is 5.28. The highest BCUT2D eigenvalue weighted by Crippen LogP contribution is 2.16. The Hall–Kier alpha value is -1.88. The SMILES string of the molecule is CCNCc1cccc(OCc2noc(C(C)C)n2)c1. The minimum absolute atomic E-state index is 0.236. The maximum Gasteiger partial charge on any atom is 0.229 e. The van der Waals surface area contributed by atoms with Crippen LogP contribution in [0, 0.1) is 0 Å². The Morgan fingerprint density at radius 2 is 2.20 bits per heavy atom. The fraction of sp³-hybridized carbons (Fsp3) is 0.467. The highest BCUT2D eigenvalue weighted by atomic mass is 16.5. The Labute approximate surface area is 119 Å². The molecule has 108 valence electrons. The maximum atomic E-state index is 5.69. The third kappa shape index (κ3) is 4.06. The summed E-state index contributed by atoms with van der Waals surface area (Å²) >= 11 is 0. The second kappa shape index (κ2) is 7.05. The zero-order chi connectivity index (χ0) is 14.4. The summed E-state index contributed by atoms with van der Waals surface area (Å²) < 4.78 is 10.8. The van der Waals surface area contributed by atoms with Crippen LogP contribution in [-0.2, 0) is 13.2 Å². The van der Waals surface area contributed by atoms with Crippen LogP contribution in [0.3, 0.4) is 0 Å². The molecule has 1 heterocycles. The molecule has 0 spiro atoms. The standard InChI is InChI=1S/C15H21N3O2/c1-4-16-9-12-6-5-7-13(8-12)19-10-14-17-15(11(2)3)20-18-14/h5-8,11,16H,4,9-10H2,1-3H3. The van der Waals surface area contributed by atoms with Crippen molar-refractivity contribution in [2.45, 2.75) is 39.8 Å². The van der Waals surface area contributed by atoms with Gasteiger partial charge in [-0.15, -0.1) is 0 Å². The second-order valence-electron chi connectivity index (χ2n) is 4.92. The first-order valence-electron chi connectivity index (χ1n) is 6.94. The van der Waals surface area contributed by atoms with Gasteiger partial charge in [0.15, 0.2) is 6.61 Å². The highest BCUT2D eigenvalue weighted by Gasteiger charge is 2.10. The van der Waals surface area contributed by atoms with Gasteiger partial charge in [-0.3, -0.25) is 0 Å². The van der Waals surface area contributed by atoms with E-state index in [9.17, 15) is 0 Å². The summed E-state index contributed by atoms with van der Waals surface area (Å²) in [6, 6.07) is 8.00. The largest absolute Gasteiger partial charge is 0.485 e. The van der Waals surface area contributed by atoms with Crippen molar-refractivity contribution in [3.63, 3.8) is 0 Å². The zero-order valence-electron chi connectivity index (χ0n) is 12.2. The third-order valence-electron chi connectivity index (χ3n) is 2.82. The average Bonchev–Trinajstić information content (AvgIpc) is 2.92. The van der Waals surface area contributed by atoms with Crippen molar-refractivity contribution in [3.05, 3.63) is 41.5 Å². The number of nitrogens with zero attached hydrogens (tertiary/aromatic N) is 2. The first-order chi connectivity index (χ1) is 9.69. The topological polar surface area (TPSA) is 60.2 Å². The molecule has 1 aromatic heterocycles. The Bertz CT molecular complexity index is 537. The van der Waals surface area contributed by atoms with E-state index in [1.165, 1.54) is 5.56 Å². The molecule has 0 fully saturated rings. The summed E-state index contributed by atoms with van der Waals surface area (Å²) in [5, 5.41) is 7.19. The van der Waals surface area contributed by atoms with Crippen LogP contribution in [0.2, 0.25) is 0 Å². The lowest BCUT2D eigenvalue weighted by Crippen LogP contribution is -2.11. The van der Waals surface area contributed by atoms with Gasteiger partial charge in [0.05, 0.1) is 0 Å². The van der Waals surface area contributed by atoms with E-state index < -0.39 is 0 Å². The summed E-state index contributed by atoms with van der Waals surface area (Å²) in [5.41, 5.74) is 1.19. The number of ether oxygens (including phenoxy) is 1. The predicted octanol–water partition coefficient (Wildman–Crippen LogP) is 2.88. The lowest BCUT2D eigenvalue weighted by atomic mass is 10.2. The number of nitrogens with one attached hydrogen (secondary N) is 1. The van der Waals surface area contributed by atoms with Gasteiger partial charge in [0.1, 0.15) is 5.75 Å². The van der Waals surface area contributed by atoms with Crippen LogP contribution >= 0.6 is 0 Å². The van der Waals surface area contributed by atoms with Crippen molar-refractivity contribution in [1.82, 2.24) is 15.5 Å². The summed E-state index contributed by atoms with van der Waals surface area (Å²) in [4.78, 5) is 4.28. The van der Waals surface area contributed by atoms with Gasteiger partial charge in [0, 0.05) is 12.5 Å². The van der Waals surface area contributed by atoms with Gasteiger partial charge in [0.25, 0.3) is 0 Å². The van der Waals surface area contributed by atoms with Crippen molar-refractivity contribution in [2.24, 2.45) is 0 Å². The normalized spacial score (nSPS) is 11.0. The zero-order valence-corrected chi connectivity index (χ0v) is 12.2. The molecule has 5 nitrogen and oxygen atoms in total. The van der Waals surface area contributed by atoms with Crippen LogP contribution in [0.5, 0.6) is 5.75 Å². The van der Waals surface area contributed by atoms with Gasteiger partial charge >= 0.3 is 0 Å². The van der Waals surface area contributed by atoms with Crippen molar-refractivity contribution in [3.8, 4) is 5.75 Å². The number of hydrogen-bond acceptors (Lipinski definition) is 5. The van der Waals surface area contributed by atoms with Crippen LogP contribution < -0.4 is 10.1 Å². The molecule has 0 amide bonds. The predicted molar refractivity (Wildman–Crippen MR) is 76.5 cm³/mol. The van der Waals surface area contributed by atoms with Crippen molar-refractivity contribution in [2.75, 3.05) is 6.54 Å². The number of rotatable bonds is 7. The summed E-state index contributed by atoms with van der Waals surface area (Å²) in [7, 11) is 0. The molecule has 0 aliphatic rings. The molecule has 0 unspecified atom stereocenters.